The van der Waals surface area contributed by atoms with Gasteiger partial charge in [0, 0.05) is 36.2 Å². The number of anilines is 3. The molecule has 2 aromatic carbocycles. The van der Waals surface area contributed by atoms with Gasteiger partial charge in [0.05, 0.1) is 24.1 Å². The van der Waals surface area contributed by atoms with Gasteiger partial charge >= 0.3 is 0 Å². The van der Waals surface area contributed by atoms with Crippen LogP contribution in [0.25, 0.3) is 0 Å². The molecule has 1 saturated carbocycles. The molecule has 0 radical (unpaired) electrons. The molecule has 2 heterocycles. The average Bonchev–Trinajstić information content (AvgIpc) is 3.58. The van der Waals surface area contributed by atoms with Crippen LogP contribution in [0.2, 0.25) is 0 Å². The quantitative estimate of drug-likeness (QED) is 0.653. The van der Waals surface area contributed by atoms with Crippen molar-refractivity contribution >= 4 is 29.0 Å². The summed E-state index contributed by atoms with van der Waals surface area (Å²) in [5, 5.41) is 10.1. The molecule has 32 heavy (non-hydrogen) atoms. The Morgan fingerprint density at radius 3 is 2.75 bits per heavy atom. The van der Waals surface area contributed by atoms with Gasteiger partial charge in [-0.2, -0.15) is 5.10 Å². The second-order valence-electron chi connectivity index (χ2n) is 8.12. The fraction of sp³-hybridized carbons (Fsp3) is 0.261. The Balaban J connectivity index is 1.44. The number of amides is 2. The minimum absolute atomic E-state index is 0.0397. The number of hydrogen-bond donors (Lipinski definition) is 2. The largest absolute Gasteiger partial charge is 0.352 e. The van der Waals surface area contributed by atoms with Crippen molar-refractivity contribution < 1.29 is 18.4 Å². The molecule has 0 spiro atoms. The van der Waals surface area contributed by atoms with Crippen LogP contribution in [0, 0.1) is 17.6 Å². The molecule has 3 aromatic rings. The third kappa shape index (κ3) is 3.70. The zero-order valence-electron chi connectivity index (χ0n) is 17.4. The van der Waals surface area contributed by atoms with Crippen molar-refractivity contribution in [1.29, 1.82) is 0 Å². The van der Waals surface area contributed by atoms with Crippen LogP contribution in [0.1, 0.15) is 34.3 Å². The van der Waals surface area contributed by atoms with Crippen molar-refractivity contribution in [2.24, 2.45) is 13.0 Å². The van der Waals surface area contributed by atoms with Crippen molar-refractivity contribution in [3.63, 3.8) is 0 Å². The highest BCUT2D eigenvalue weighted by molar-refractivity contribution is 6.08. The minimum Gasteiger partial charge on any atom is -0.352 e. The van der Waals surface area contributed by atoms with E-state index in [1.165, 1.54) is 41.3 Å². The van der Waals surface area contributed by atoms with Crippen LogP contribution in [-0.4, -0.2) is 21.6 Å². The lowest BCUT2D eigenvalue weighted by atomic mass is 10.1. The summed E-state index contributed by atoms with van der Waals surface area (Å²) in [6, 6.07) is 8.33. The van der Waals surface area contributed by atoms with Crippen molar-refractivity contribution in [1.82, 2.24) is 15.1 Å². The lowest BCUT2D eigenvalue weighted by Gasteiger charge is -2.23. The number of rotatable bonds is 4. The van der Waals surface area contributed by atoms with E-state index in [0.29, 0.717) is 22.8 Å². The number of benzene rings is 2. The number of halogens is 2. The molecule has 0 saturated heterocycles. The molecule has 1 aliphatic carbocycles. The summed E-state index contributed by atoms with van der Waals surface area (Å²) in [4.78, 5) is 26.7. The van der Waals surface area contributed by atoms with Gasteiger partial charge in [-0.1, -0.05) is 6.07 Å². The predicted molar refractivity (Wildman–Crippen MR) is 114 cm³/mol. The Morgan fingerprint density at radius 1 is 1.19 bits per heavy atom. The fourth-order valence-electron chi connectivity index (χ4n) is 3.82. The summed E-state index contributed by atoms with van der Waals surface area (Å²) in [5.41, 5.74) is 2.11. The third-order valence-corrected chi connectivity index (χ3v) is 5.79. The third-order valence-electron chi connectivity index (χ3n) is 5.79. The molecule has 0 unspecified atom stereocenters. The molecule has 7 nitrogen and oxygen atoms in total. The van der Waals surface area contributed by atoms with Gasteiger partial charge < -0.3 is 15.5 Å². The van der Waals surface area contributed by atoms with Gasteiger partial charge in [-0.25, -0.2) is 8.78 Å². The number of carbonyl (C=O) groups excluding carboxylic acids is 2. The van der Waals surface area contributed by atoms with Gasteiger partial charge in [0.25, 0.3) is 5.91 Å². The van der Waals surface area contributed by atoms with E-state index in [9.17, 15) is 18.4 Å². The summed E-state index contributed by atoms with van der Waals surface area (Å²) in [6.45, 7) is 0.263. The first-order valence-electron chi connectivity index (χ1n) is 10.4. The fourth-order valence-corrected chi connectivity index (χ4v) is 3.82. The van der Waals surface area contributed by atoms with Crippen LogP contribution in [0.4, 0.5) is 26.0 Å². The molecule has 1 fully saturated rings. The highest BCUT2D eigenvalue weighted by Crippen LogP contribution is 2.37. The number of carbonyl (C=O) groups is 2. The van der Waals surface area contributed by atoms with E-state index in [-0.39, 0.29) is 30.5 Å². The Kier molecular flexibility index (Phi) is 4.88. The second kappa shape index (κ2) is 7.74. The Bertz CT molecular complexity index is 1240. The summed E-state index contributed by atoms with van der Waals surface area (Å²) in [7, 11) is 1.75. The molecule has 164 valence electrons. The summed E-state index contributed by atoms with van der Waals surface area (Å²) >= 11 is 0. The second-order valence-corrected chi connectivity index (χ2v) is 8.12. The van der Waals surface area contributed by atoms with Gasteiger partial charge in [-0.3, -0.25) is 14.3 Å². The van der Waals surface area contributed by atoms with Gasteiger partial charge in [0.1, 0.15) is 17.5 Å². The number of nitrogens with one attached hydrogen (secondary N) is 2. The van der Waals surface area contributed by atoms with E-state index in [1.807, 2.05) is 0 Å². The van der Waals surface area contributed by atoms with Crippen LogP contribution in [-0.2, 0) is 24.9 Å². The maximum atomic E-state index is 14.7. The number of hydrogen-bond acceptors (Lipinski definition) is 4. The van der Waals surface area contributed by atoms with E-state index in [0.717, 1.165) is 18.4 Å². The Hall–Kier alpha value is -3.75. The maximum Gasteiger partial charge on any atom is 0.258 e. The molecule has 0 atom stereocenters. The van der Waals surface area contributed by atoms with Gasteiger partial charge in [-0.15, -0.1) is 0 Å². The van der Waals surface area contributed by atoms with Crippen LogP contribution in [0.5, 0.6) is 0 Å². The molecular weight excluding hydrogens is 416 g/mol. The van der Waals surface area contributed by atoms with Crippen LogP contribution < -0.4 is 15.5 Å². The number of fused-ring (bicyclic) bond motifs is 2. The van der Waals surface area contributed by atoms with E-state index < -0.39 is 17.5 Å². The van der Waals surface area contributed by atoms with E-state index >= 15 is 0 Å². The predicted octanol–water partition coefficient (Wildman–Crippen LogP) is 3.63. The van der Waals surface area contributed by atoms with Crippen LogP contribution >= 0.6 is 0 Å². The molecule has 5 rings (SSSR count). The van der Waals surface area contributed by atoms with E-state index in [2.05, 4.69) is 15.7 Å². The monoisotopic (exact) mass is 437 g/mol. The summed E-state index contributed by atoms with van der Waals surface area (Å²) in [5.74, 6) is -0.821. The Labute approximate surface area is 183 Å². The lowest BCUT2D eigenvalue weighted by Crippen LogP contribution is -2.30. The van der Waals surface area contributed by atoms with Gasteiger partial charge in [-0.05, 0) is 43.2 Å². The van der Waals surface area contributed by atoms with Gasteiger partial charge in [0.2, 0.25) is 5.91 Å². The van der Waals surface area contributed by atoms with Crippen LogP contribution in [0.15, 0.2) is 42.6 Å². The summed E-state index contributed by atoms with van der Waals surface area (Å²) < 4.78 is 30.2. The van der Waals surface area contributed by atoms with Crippen molar-refractivity contribution in [2.75, 3.05) is 10.2 Å². The highest BCUT2D eigenvalue weighted by Gasteiger charge is 2.30. The molecule has 0 bridgehead atoms. The molecule has 2 amide bonds. The molecular formula is C23H21F2N5O2. The smallest absolute Gasteiger partial charge is 0.258 e. The standard InChI is InChI=1S/C23H21F2N5O2/c1-29-21-16(11-27-29)12-30(20-7-6-17(24)9-19(20)28-21)23(32)14-4-5-15(18(25)8-14)10-26-22(31)13-2-3-13/h4-9,11,13,28H,2-3,10,12H2,1H3,(H,26,31). The first kappa shape index (κ1) is 20.2. The molecule has 2 aliphatic rings. The van der Waals surface area contributed by atoms with Crippen molar-refractivity contribution in [3.8, 4) is 0 Å². The van der Waals surface area contributed by atoms with E-state index in [1.54, 1.807) is 17.9 Å². The Morgan fingerprint density at radius 2 is 2.00 bits per heavy atom. The molecule has 2 N–H and O–H groups in total. The van der Waals surface area contributed by atoms with Crippen molar-refractivity contribution in [3.05, 3.63) is 70.9 Å². The highest BCUT2D eigenvalue weighted by atomic mass is 19.1. The lowest BCUT2D eigenvalue weighted by molar-refractivity contribution is -0.122. The maximum absolute atomic E-state index is 14.7. The van der Waals surface area contributed by atoms with Crippen LogP contribution in [0.3, 0.4) is 0 Å². The van der Waals surface area contributed by atoms with Crippen molar-refractivity contribution in [2.45, 2.75) is 25.9 Å². The zero-order valence-corrected chi connectivity index (χ0v) is 17.4. The molecule has 1 aromatic heterocycles. The minimum atomic E-state index is -0.568. The first-order valence-corrected chi connectivity index (χ1v) is 10.4. The zero-order chi connectivity index (χ0) is 22.4. The topological polar surface area (TPSA) is 79.3 Å². The molecule has 1 aliphatic heterocycles. The number of aromatic nitrogens is 2. The SMILES string of the molecule is Cn1ncc2c1Nc1cc(F)ccc1N(C(=O)c1ccc(CNC(=O)C3CC3)c(F)c1)C2. The normalized spacial score (nSPS) is 14.8. The van der Waals surface area contributed by atoms with E-state index in [4.69, 9.17) is 0 Å². The number of nitrogens with zero attached hydrogens (tertiary/aromatic N) is 3. The average molecular weight is 437 g/mol. The molecule has 9 heteroatoms. The van der Waals surface area contributed by atoms with Gasteiger partial charge in [0.15, 0.2) is 0 Å². The first-order chi connectivity index (χ1) is 15.4. The summed E-state index contributed by atoms with van der Waals surface area (Å²) in [6.07, 6.45) is 3.38. The number of aryl methyl sites for hydroxylation is 1.